The quantitative estimate of drug-likeness (QED) is 0.356. The van der Waals surface area contributed by atoms with Crippen molar-refractivity contribution in [3.63, 3.8) is 0 Å². The van der Waals surface area contributed by atoms with Gasteiger partial charge < -0.3 is 6.15 Å². The predicted octanol–water partition coefficient (Wildman–Crippen LogP) is -0.00150. The van der Waals surface area contributed by atoms with Gasteiger partial charge in [0.2, 0.25) is 11.8 Å². The van der Waals surface area contributed by atoms with E-state index in [0.29, 0.717) is 6.42 Å². The number of rotatable bonds is 0. The van der Waals surface area contributed by atoms with Gasteiger partial charge in [-0.3, -0.25) is 14.9 Å². The third kappa shape index (κ3) is 1.90. The van der Waals surface area contributed by atoms with Crippen molar-refractivity contribution in [3.05, 3.63) is 0 Å². The largest absolute Gasteiger partial charge is 0.344 e. The molecule has 0 aliphatic carbocycles. The van der Waals surface area contributed by atoms with Gasteiger partial charge in [-0.25, -0.2) is 0 Å². The molecule has 0 spiro atoms. The number of carbonyl (C=O) groups is 2. The molecular formula is C4H7IN2O2. The third-order valence-corrected chi connectivity index (χ3v) is 1.92. The van der Waals surface area contributed by atoms with E-state index in [1.807, 2.05) is 22.6 Å². The van der Waals surface area contributed by atoms with Gasteiger partial charge in [0.15, 0.2) is 0 Å². The molecule has 1 unspecified atom stereocenters. The Morgan fingerprint density at radius 3 is 2.22 bits per heavy atom. The van der Waals surface area contributed by atoms with Crippen LogP contribution in [0.3, 0.4) is 0 Å². The van der Waals surface area contributed by atoms with Crippen molar-refractivity contribution in [3.8, 4) is 0 Å². The van der Waals surface area contributed by atoms with E-state index in [9.17, 15) is 9.59 Å². The van der Waals surface area contributed by atoms with Crippen molar-refractivity contribution in [2.24, 2.45) is 0 Å². The molecule has 52 valence electrons. The van der Waals surface area contributed by atoms with Crippen LogP contribution in [0.25, 0.3) is 0 Å². The number of hydrogen-bond acceptors (Lipinski definition) is 3. The Labute approximate surface area is 66.1 Å². The first-order valence-corrected chi connectivity index (χ1v) is 3.42. The summed E-state index contributed by atoms with van der Waals surface area (Å²) in [6.45, 7) is 0. The first-order chi connectivity index (χ1) is 3.70. The van der Waals surface area contributed by atoms with E-state index in [1.165, 1.54) is 0 Å². The minimum atomic E-state index is -0.158. The molecule has 2 amide bonds. The van der Waals surface area contributed by atoms with E-state index in [1.54, 1.807) is 0 Å². The number of imide groups is 1. The lowest BCUT2D eigenvalue weighted by Gasteiger charge is -1.86. The first-order valence-electron chi connectivity index (χ1n) is 2.18. The Balaban J connectivity index is 0.000000640. The normalized spacial score (nSPS) is 25.2. The van der Waals surface area contributed by atoms with Crippen LogP contribution in [-0.4, -0.2) is 15.7 Å². The topological polar surface area (TPSA) is 81.2 Å². The van der Waals surface area contributed by atoms with E-state index >= 15 is 0 Å². The predicted molar refractivity (Wildman–Crippen MR) is 40.6 cm³/mol. The van der Waals surface area contributed by atoms with Crippen LogP contribution in [-0.2, 0) is 9.59 Å². The number of hydrogen-bond donors (Lipinski definition) is 2. The number of amides is 2. The molecule has 0 aromatic carbocycles. The summed E-state index contributed by atoms with van der Waals surface area (Å²) in [5.41, 5.74) is 0. The van der Waals surface area contributed by atoms with E-state index in [0.717, 1.165) is 0 Å². The van der Waals surface area contributed by atoms with Crippen molar-refractivity contribution >= 4 is 34.4 Å². The van der Waals surface area contributed by atoms with Crippen LogP contribution in [0.2, 0.25) is 0 Å². The zero-order valence-corrected chi connectivity index (χ0v) is 6.84. The molecule has 1 atom stereocenters. The molecule has 0 saturated carbocycles. The molecule has 1 heterocycles. The minimum absolute atomic E-state index is 0. The lowest BCUT2D eigenvalue weighted by Crippen LogP contribution is -2.21. The second-order valence-electron chi connectivity index (χ2n) is 1.58. The molecule has 0 radical (unpaired) electrons. The molecule has 1 fully saturated rings. The standard InChI is InChI=1S/C4H4INO2.H3N/c5-2-1-3(7)6-4(2)8;/h2H,1H2,(H,6,7,8);1H3. The Kier molecular flexibility index (Phi) is 3.06. The monoisotopic (exact) mass is 242 g/mol. The lowest BCUT2D eigenvalue weighted by molar-refractivity contribution is -0.124. The van der Waals surface area contributed by atoms with Crippen LogP contribution in [0.5, 0.6) is 0 Å². The van der Waals surface area contributed by atoms with Gasteiger partial charge in [0.25, 0.3) is 0 Å². The Morgan fingerprint density at radius 2 is 2.11 bits per heavy atom. The minimum Gasteiger partial charge on any atom is -0.344 e. The Hall–Kier alpha value is -0.170. The molecule has 0 bridgehead atoms. The van der Waals surface area contributed by atoms with Gasteiger partial charge in [0.05, 0.1) is 3.92 Å². The average molecular weight is 242 g/mol. The molecular weight excluding hydrogens is 235 g/mol. The highest BCUT2D eigenvalue weighted by Crippen LogP contribution is 2.10. The molecule has 5 heteroatoms. The molecule has 4 N–H and O–H groups in total. The zero-order valence-electron chi connectivity index (χ0n) is 4.69. The fourth-order valence-corrected chi connectivity index (χ4v) is 1.08. The summed E-state index contributed by atoms with van der Waals surface area (Å²) in [5, 5.41) is 2.18. The summed E-state index contributed by atoms with van der Waals surface area (Å²) in [4.78, 5) is 20.8. The van der Waals surface area contributed by atoms with Gasteiger partial charge in [-0.05, 0) is 0 Å². The van der Waals surface area contributed by atoms with Crippen LogP contribution >= 0.6 is 22.6 Å². The summed E-state index contributed by atoms with van der Waals surface area (Å²) in [6, 6.07) is 0. The van der Waals surface area contributed by atoms with Crippen molar-refractivity contribution < 1.29 is 9.59 Å². The maximum absolute atomic E-state index is 10.4. The van der Waals surface area contributed by atoms with Crippen LogP contribution in [0, 0.1) is 0 Å². The van der Waals surface area contributed by atoms with Crippen molar-refractivity contribution in [2.75, 3.05) is 0 Å². The average Bonchev–Trinajstić information content (AvgIpc) is 1.85. The molecule has 0 aromatic rings. The van der Waals surface area contributed by atoms with E-state index in [-0.39, 0.29) is 21.9 Å². The highest BCUT2D eigenvalue weighted by atomic mass is 127. The van der Waals surface area contributed by atoms with Gasteiger partial charge in [-0.2, -0.15) is 0 Å². The fourth-order valence-electron chi connectivity index (χ4n) is 0.522. The zero-order chi connectivity index (χ0) is 6.15. The van der Waals surface area contributed by atoms with Gasteiger partial charge in [0.1, 0.15) is 0 Å². The van der Waals surface area contributed by atoms with Crippen molar-refractivity contribution in [1.82, 2.24) is 11.5 Å². The molecule has 1 saturated heterocycles. The number of alkyl halides is 1. The highest BCUT2D eigenvalue weighted by molar-refractivity contribution is 14.1. The van der Waals surface area contributed by atoms with Crippen molar-refractivity contribution in [2.45, 2.75) is 10.3 Å². The van der Waals surface area contributed by atoms with E-state index in [2.05, 4.69) is 5.32 Å². The molecule has 1 aliphatic rings. The van der Waals surface area contributed by atoms with Gasteiger partial charge >= 0.3 is 0 Å². The van der Waals surface area contributed by atoms with Gasteiger partial charge in [0, 0.05) is 6.42 Å². The maximum atomic E-state index is 10.4. The third-order valence-electron chi connectivity index (χ3n) is 0.912. The molecule has 1 aliphatic heterocycles. The number of halogens is 1. The first kappa shape index (κ1) is 8.83. The maximum Gasteiger partial charge on any atom is 0.240 e. The second-order valence-corrected chi connectivity index (χ2v) is 3.09. The highest BCUT2D eigenvalue weighted by Gasteiger charge is 2.27. The van der Waals surface area contributed by atoms with Crippen LogP contribution in [0.15, 0.2) is 0 Å². The molecule has 0 aromatic heterocycles. The summed E-state index contributed by atoms with van der Waals surface area (Å²) >= 11 is 1.94. The molecule has 1 rings (SSSR count). The van der Waals surface area contributed by atoms with Crippen LogP contribution < -0.4 is 11.5 Å². The number of nitrogens with one attached hydrogen (secondary N) is 1. The van der Waals surface area contributed by atoms with Gasteiger partial charge in [-0.15, -0.1) is 0 Å². The van der Waals surface area contributed by atoms with Gasteiger partial charge in [-0.1, -0.05) is 22.6 Å². The smallest absolute Gasteiger partial charge is 0.240 e. The lowest BCUT2D eigenvalue weighted by atomic mass is 10.4. The SMILES string of the molecule is N.O=C1CC(I)C(=O)N1. The Morgan fingerprint density at radius 1 is 1.56 bits per heavy atom. The van der Waals surface area contributed by atoms with Crippen molar-refractivity contribution in [1.29, 1.82) is 0 Å². The number of carbonyl (C=O) groups excluding carboxylic acids is 2. The fraction of sp³-hybridized carbons (Fsp3) is 0.500. The second kappa shape index (κ2) is 3.11. The summed E-state index contributed by atoms with van der Waals surface area (Å²) < 4.78 is -0.139. The molecule has 9 heavy (non-hydrogen) atoms. The van der Waals surface area contributed by atoms with E-state index in [4.69, 9.17) is 0 Å². The Bertz CT molecular complexity index is 148. The van der Waals surface area contributed by atoms with E-state index < -0.39 is 0 Å². The molecule has 4 nitrogen and oxygen atoms in total. The summed E-state index contributed by atoms with van der Waals surface area (Å²) in [5.74, 6) is -0.315. The van der Waals surface area contributed by atoms with Crippen LogP contribution in [0.4, 0.5) is 0 Å². The summed E-state index contributed by atoms with van der Waals surface area (Å²) in [6.07, 6.45) is 0.347. The summed E-state index contributed by atoms with van der Waals surface area (Å²) in [7, 11) is 0. The van der Waals surface area contributed by atoms with Crippen LogP contribution in [0.1, 0.15) is 6.42 Å².